The van der Waals surface area contributed by atoms with Crippen molar-refractivity contribution in [2.24, 2.45) is 0 Å². The summed E-state index contributed by atoms with van der Waals surface area (Å²) in [6.07, 6.45) is 4.55. The van der Waals surface area contributed by atoms with E-state index in [-0.39, 0.29) is 24.6 Å². The van der Waals surface area contributed by atoms with Gasteiger partial charge in [-0.1, -0.05) is 53.8 Å². The maximum absolute atomic E-state index is 12.7. The normalized spacial score (nSPS) is 18.0. The number of benzene rings is 2. The van der Waals surface area contributed by atoms with Crippen LogP contribution in [0.3, 0.4) is 0 Å². The minimum absolute atomic E-state index is 0.00121. The molecule has 7 nitrogen and oxygen atoms in total. The van der Waals surface area contributed by atoms with Gasteiger partial charge in [0, 0.05) is 12.0 Å². The van der Waals surface area contributed by atoms with Crippen LogP contribution in [0.2, 0.25) is 0 Å². The molecule has 0 saturated heterocycles. The highest BCUT2D eigenvalue weighted by Crippen LogP contribution is 2.34. The lowest BCUT2D eigenvalue weighted by Crippen LogP contribution is -2.29. The van der Waals surface area contributed by atoms with Crippen LogP contribution in [0, 0.1) is 0 Å². The molecule has 36 heavy (non-hydrogen) atoms. The molecule has 1 fully saturated rings. The molecule has 1 aromatic heterocycles. The van der Waals surface area contributed by atoms with E-state index in [2.05, 4.69) is 15.5 Å². The van der Waals surface area contributed by atoms with Gasteiger partial charge in [-0.05, 0) is 75.6 Å². The molecule has 190 valence electrons. The van der Waals surface area contributed by atoms with E-state index in [1.165, 1.54) is 16.9 Å². The smallest absolute Gasteiger partial charge is 0.332 e. The number of hydrogen-bond acceptors (Lipinski definition) is 7. The van der Waals surface area contributed by atoms with Gasteiger partial charge in [0.15, 0.2) is 0 Å². The minimum atomic E-state index is -0.496. The Labute approximate surface area is 216 Å². The monoisotopic (exact) mass is 507 g/mol. The summed E-state index contributed by atoms with van der Waals surface area (Å²) in [6, 6.07) is 17.8. The highest BCUT2D eigenvalue weighted by molar-refractivity contribution is 7.15. The average Bonchev–Trinajstić information content (AvgIpc) is 3.29. The molecular weight excluding hydrogens is 474 g/mol. The van der Waals surface area contributed by atoms with Crippen LogP contribution in [0.15, 0.2) is 54.6 Å². The number of nitrogens with one attached hydrogen (secondary N) is 1. The van der Waals surface area contributed by atoms with E-state index in [0.717, 1.165) is 36.3 Å². The third kappa shape index (κ3) is 7.70. The fourth-order valence-electron chi connectivity index (χ4n) is 4.34. The van der Waals surface area contributed by atoms with E-state index in [1.807, 2.05) is 75.4 Å². The first-order chi connectivity index (χ1) is 17.2. The quantitative estimate of drug-likeness (QED) is 0.390. The van der Waals surface area contributed by atoms with E-state index in [9.17, 15) is 9.59 Å². The summed E-state index contributed by atoms with van der Waals surface area (Å²) in [7, 11) is 0. The number of anilines is 1. The molecule has 0 bridgehead atoms. The Kier molecular flexibility index (Phi) is 8.48. The lowest BCUT2D eigenvalue weighted by atomic mass is 9.82. The fourth-order valence-corrected chi connectivity index (χ4v) is 5.11. The van der Waals surface area contributed by atoms with Crippen molar-refractivity contribution in [3.63, 3.8) is 0 Å². The van der Waals surface area contributed by atoms with Gasteiger partial charge in [-0.2, -0.15) is 0 Å². The first kappa shape index (κ1) is 26.0. The third-order valence-corrected chi connectivity index (χ3v) is 6.90. The van der Waals surface area contributed by atoms with Crippen molar-refractivity contribution in [3.05, 3.63) is 76.3 Å². The number of carbonyl (C=O) groups is 2. The molecule has 0 unspecified atom stereocenters. The fraction of sp³-hybridized carbons (Fsp3) is 0.429. The van der Waals surface area contributed by atoms with Gasteiger partial charge in [0.2, 0.25) is 5.13 Å². The number of carbonyl (C=O) groups excluding carboxylic acids is 2. The molecule has 0 spiro atoms. The van der Waals surface area contributed by atoms with Gasteiger partial charge in [0.05, 0.1) is 6.10 Å². The highest BCUT2D eigenvalue weighted by Gasteiger charge is 2.25. The zero-order valence-electron chi connectivity index (χ0n) is 21.0. The number of ether oxygens (including phenoxy) is 2. The second-order valence-corrected chi connectivity index (χ2v) is 11.2. The maximum atomic E-state index is 12.7. The van der Waals surface area contributed by atoms with Crippen molar-refractivity contribution in [1.29, 1.82) is 0 Å². The molecular formula is C28H33N3O4S. The van der Waals surface area contributed by atoms with Gasteiger partial charge in [0.1, 0.15) is 17.2 Å². The molecule has 0 atom stereocenters. The van der Waals surface area contributed by atoms with Crippen LogP contribution in [0.4, 0.5) is 5.13 Å². The Hall–Kier alpha value is -3.10. The molecule has 0 radical (unpaired) electrons. The number of amides is 1. The molecule has 1 saturated carbocycles. The highest BCUT2D eigenvalue weighted by atomic mass is 32.1. The van der Waals surface area contributed by atoms with Crippen molar-refractivity contribution in [3.8, 4) is 0 Å². The Bertz CT molecular complexity index is 1150. The molecule has 0 aliphatic heterocycles. The Morgan fingerprint density at radius 2 is 1.67 bits per heavy atom. The van der Waals surface area contributed by atoms with Crippen molar-refractivity contribution in [2.75, 3.05) is 11.9 Å². The zero-order chi connectivity index (χ0) is 25.5. The van der Waals surface area contributed by atoms with E-state index >= 15 is 0 Å². The van der Waals surface area contributed by atoms with Crippen LogP contribution < -0.4 is 5.32 Å². The minimum Gasteiger partial charge on any atom is -0.458 e. The zero-order valence-corrected chi connectivity index (χ0v) is 21.8. The molecule has 1 N–H and O–H groups in total. The van der Waals surface area contributed by atoms with Gasteiger partial charge in [-0.3, -0.25) is 10.1 Å². The van der Waals surface area contributed by atoms with Crippen LogP contribution in [-0.4, -0.2) is 40.4 Å². The molecule has 8 heteroatoms. The van der Waals surface area contributed by atoms with Gasteiger partial charge >= 0.3 is 5.97 Å². The Balaban J connectivity index is 1.23. The van der Waals surface area contributed by atoms with Crippen molar-refractivity contribution < 1.29 is 19.1 Å². The molecule has 1 aliphatic rings. The van der Waals surface area contributed by atoms with Crippen molar-refractivity contribution in [2.45, 2.75) is 70.5 Å². The second-order valence-electron chi connectivity index (χ2n) is 10.1. The summed E-state index contributed by atoms with van der Waals surface area (Å²) in [5, 5.41) is 12.5. The maximum Gasteiger partial charge on any atom is 0.332 e. The summed E-state index contributed by atoms with van der Waals surface area (Å²) < 4.78 is 11.1. The molecule has 2 aromatic carbocycles. The third-order valence-electron chi connectivity index (χ3n) is 6.06. The van der Waals surface area contributed by atoms with Crippen LogP contribution >= 0.6 is 11.3 Å². The Morgan fingerprint density at radius 1 is 0.972 bits per heavy atom. The van der Waals surface area contributed by atoms with Crippen molar-refractivity contribution >= 4 is 28.3 Å². The van der Waals surface area contributed by atoms with Crippen LogP contribution in [0.25, 0.3) is 0 Å². The number of aromatic nitrogens is 2. The molecule has 3 aromatic rings. The van der Waals surface area contributed by atoms with Gasteiger partial charge in [-0.25, -0.2) is 4.79 Å². The lowest BCUT2D eigenvalue weighted by molar-refractivity contribution is -0.162. The number of nitrogens with zero attached hydrogens (tertiary/aromatic N) is 2. The van der Waals surface area contributed by atoms with Crippen LogP contribution in [-0.2, 0) is 20.7 Å². The lowest BCUT2D eigenvalue weighted by Gasteiger charge is -2.29. The second kappa shape index (κ2) is 11.8. The van der Waals surface area contributed by atoms with E-state index in [1.54, 1.807) is 0 Å². The Morgan fingerprint density at radius 3 is 2.33 bits per heavy atom. The molecule has 1 heterocycles. The summed E-state index contributed by atoms with van der Waals surface area (Å²) in [5.41, 5.74) is 2.47. The van der Waals surface area contributed by atoms with Gasteiger partial charge in [0.25, 0.3) is 5.91 Å². The number of esters is 1. The summed E-state index contributed by atoms with van der Waals surface area (Å²) in [6.45, 7) is 5.55. The van der Waals surface area contributed by atoms with E-state index in [0.29, 0.717) is 23.0 Å². The SMILES string of the molecule is CC(C)(C)OC(=O)CO[C@H]1CC[C@H](c2ccc(C(=O)Nc3nnc(Cc4ccccc4)s3)cc2)CC1. The van der Waals surface area contributed by atoms with E-state index < -0.39 is 5.60 Å². The topological polar surface area (TPSA) is 90.4 Å². The average molecular weight is 508 g/mol. The molecule has 1 amide bonds. The first-order valence-electron chi connectivity index (χ1n) is 12.4. The summed E-state index contributed by atoms with van der Waals surface area (Å²) in [4.78, 5) is 24.6. The van der Waals surface area contributed by atoms with Crippen LogP contribution in [0.1, 0.15) is 78.9 Å². The summed E-state index contributed by atoms with van der Waals surface area (Å²) >= 11 is 1.39. The first-order valence-corrected chi connectivity index (χ1v) is 13.2. The van der Waals surface area contributed by atoms with Crippen molar-refractivity contribution in [1.82, 2.24) is 10.2 Å². The molecule has 1 aliphatic carbocycles. The standard InChI is InChI=1S/C28H33N3O4S/c1-28(2,3)35-25(32)18-34-23-15-13-21(14-16-23)20-9-11-22(12-10-20)26(33)29-27-31-30-24(36-27)17-19-7-5-4-6-8-19/h4-12,21,23H,13-18H2,1-3H3,(H,29,31,33)/t21-,23-. The number of rotatable bonds is 8. The predicted octanol–water partition coefficient (Wildman–Crippen LogP) is 5.77. The predicted molar refractivity (Wildman–Crippen MR) is 140 cm³/mol. The molecule has 4 rings (SSSR count). The summed E-state index contributed by atoms with van der Waals surface area (Å²) in [5.74, 6) is -0.0881. The van der Waals surface area contributed by atoms with Gasteiger partial charge in [-0.15, -0.1) is 10.2 Å². The van der Waals surface area contributed by atoms with E-state index in [4.69, 9.17) is 9.47 Å². The van der Waals surface area contributed by atoms with Crippen LogP contribution in [0.5, 0.6) is 0 Å². The largest absolute Gasteiger partial charge is 0.458 e. The number of hydrogen-bond donors (Lipinski definition) is 1. The van der Waals surface area contributed by atoms with Gasteiger partial charge < -0.3 is 9.47 Å².